The average molecular weight is 280 g/mol. The smallest absolute Gasteiger partial charge is 0.346 e. The number of amides is 1. The molecule has 1 atom stereocenters. The van der Waals surface area contributed by atoms with Gasteiger partial charge in [-0.25, -0.2) is 0 Å². The Hall–Kier alpha value is -0.780. The zero-order valence-electron chi connectivity index (χ0n) is 11.4. The fraction of sp³-hybridized carbons (Fsp3) is 0.923. The molecule has 0 aromatic carbocycles. The van der Waals surface area contributed by atoms with Crippen LogP contribution < -0.4 is 10.6 Å². The highest BCUT2D eigenvalue weighted by Crippen LogP contribution is 2.25. The van der Waals surface area contributed by atoms with Crippen LogP contribution in [0.1, 0.15) is 45.4 Å². The summed E-state index contributed by atoms with van der Waals surface area (Å²) in [7, 11) is 0. The summed E-state index contributed by atoms with van der Waals surface area (Å²) in [5.41, 5.74) is 0. The van der Waals surface area contributed by atoms with Crippen LogP contribution in [0.15, 0.2) is 0 Å². The zero-order valence-corrected chi connectivity index (χ0v) is 11.4. The zero-order chi connectivity index (χ0) is 14.3. The predicted molar refractivity (Wildman–Crippen MR) is 67.7 cm³/mol. The van der Waals surface area contributed by atoms with Gasteiger partial charge in [0.15, 0.2) is 0 Å². The molecule has 1 fully saturated rings. The van der Waals surface area contributed by atoms with Gasteiger partial charge in [0.2, 0.25) is 5.91 Å². The van der Waals surface area contributed by atoms with Crippen molar-refractivity contribution >= 4 is 5.91 Å². The van der Waals surface area contributed by atoms with Crippen LogP contribution in [0.2, 0.25) is 0 Å². The Morgan fingerprint density at radius 3 is 2.32 bits per heavy atom. The van der Waals surface area contributed by atoms with E-state index in [-0.39, 0.29) is 12.6 Å². The monoisotopic (exact) mass is 280 g/mol. The summed E-state index contributed by atoms with van der Waals surface area (Å²) in [4.78, 5) is 11.3. The molecule has 6 heteroatoms. The van der Waals surface area contributed by atoms with E-state index in [1.165, 1.54) is 25.7 Å². The van der Waals surface area contributed by atoms with E-state index in [0.29, 0.717) is 5.92 Å². The van der Waals surface area contributed by atoms with Crippen LogP contribution in [0.25, 0.3) is 0 Å². The Morgan fingerprint density at radius 2 is 1.79 bits per heavy atom. The van der Waals surface area contributed by atoms with Crippen LogP contribution >= 0.6 is 0 Å². The third kappa shape index (κ3) is 7.40. The molecule has 0 unspecified atom stereocenters. The Bertz CT molecular complexity index is 274. The fourth-order valence-electron chi connectivity index (χ4n) is 2.49. The summed E-state index contributed by atoms with van der Waals surface area (Å²) in [5.74, 6) is -0.0734. The minimum Gasteiger partial charge on any atom is -0.346 e. The second-order valence-corrected chi connectivity index (χ2v) is 5.31. The first-order valence-corrected chi connectivity index (χ1v) is 6.95. The maximum absolute atomic E-state index is 11.9. The summed E-state index contributed by atoms with van der Waals surface area (Å²) < 4.78 is 35.7. The number of carbonyl (C=O) groups excluding carboxylic acids is 1. The van der Waals surface area contributed by atoms with Crippen LogP contribution in [0.3, 0.4) is 0 Å². The first kappa shape index (κ1) is 16.3. The van der Waals surface area contributed by atoms with Crippen molar-refractivity contribution in [2.75, 3.05) is 13.1 Å². The third-order valence-corrected chi connectivity index (χ3v) is 3.68. The first-order chi connectivity index (χ1) is 8.88. The van der Waals surface area contributed by atoms with Gasteiger partial charge in [-0.15, -0.1) is 0 Å². The van der Waals surface area contributed by atoms with Crippen LogP contribution in [-0.4, -0.2) is 31.2 Å². The topological polar surface area (TPSA) is 41.1 Å². The van der Waals surface area contributed by atoms with E-state index in [1.54, 1.807) is 0 Å². The van der Waals surface area contributed by atoms with E-state index in [2.05, 4.69) is 5.32 Å². The molecule has 19 heavy (non-hydrogen) atoms. The molecule has 0 spiro atoms. The highest BCUT2D eigenvalue weighted by Gasteiger charge is 2.27. The second kappa shape index (κ2) is 7.72. The molecule has 1 aliphatic rings. The number of alkyl halides is 3. The van der Waals surface area contributed by atoms with Gasteiger partial charge in [0, 0.05) is 6.04 Å². The van der Waals surface area contributed by atoms with Crippen LogP contribution in [0, 0.1) is 5.92 Å². The van der Waals surface area contributed by atoms with Gasteiger partial charge in [-0.1, -0.05) is 25.7 Å². The van der Waals surface area contributed by atoms with Crippen molar-refractivity contribution in [3.05, 3.63) is 0 Å². The van der Waals surface area contributed by atoms with E-state index in [1.807, 2.05) is 12.2 Å². The molecule has 0 aromatic heterocycles. The second-order valence-electron chi connectivity index (χ2n) is 5.31. The van der Waals surface area contributed by atoms with Gasteiger partial charge in [0.25, 0.3) is 0 Å². The van der Waals surface area contributed by atoms with E-state index in [0.717, 1.165) is 12.8 Å². The van der Waals surface area contributed by atoms with Gasteiger partial charge in [0.1, 0.15) is 6.54 Å². The molecular weight excluding hydrogens is 257 g/mol. The summed E-state index contributed by atoms with van der Waals surface area (Å²) in [6, 6.07) is 0.176. The highest BCUT2D eigenvalue weighted by atomic mass is 19.4. The number of hydrogen-bond acceptors (Lipinski definition) is 2. The molecule has 0 heterocycles. The molecule has 0 radical (unpaired) electrons. The molecule has 0 aromatic rings. The molecule has 3 nitrogen and oxygen atoms in total. The molecule has 1 rings (SSSR count). The highest BCUT2D eigenvalue weighted by molar-refractivity contribution is 5.78. The molecular formula is C13H23F3N2O. The fourth-order valence-corrected chi connectivity index (χ4v) is 2.49. The normalized spacial score (nSPS) is 19.8. The van der Waals surface area contributed by atoms with Crippen molar-refractivity contribution in [2.45, 2.75) is 57.7 Å². The van der Waals surface area contributed by atoms with Crippen molar-refractivity contribution in [2.24, 2.45) is 5.92 Å². The van der Waals surface area contributed by atoms with Crippen molar-refractivity contribution in [3.63, 3.8) is 0 Å². The van der Waals surface area contributed by atoms with E-state index in [4.69, 9.17) is 0 Å². The Morgan fingerprint density at radius 1 is 1.21 bits per heavy atom. The lowest BCUT2D eigenvalue weighted by molar-refractivity contribution is -0.138. The Kier molecular flexibility index (Phi) is 6.62. The van der Waals surface area contributed by atoms with Gasteiger partial charge in [-0.05, 0) is 25.7 Å². The van der Waals surface area contributed by atoms with Gasteiger partial charge < -0.3 is 10.6 Å². The largest absolute Gasteiger partial charge is 0.405 e. The van der Waals surface area contributed by atoms with Gasteiger partial charge in [-0.3, -0.25) is 4.79 Å². The average Bonchev–Trinajstić information content (AvgIpc) is 2.61. The van der Waals surface area contributed by atoms with Gasteiger partial charge >= 0.3 is 6.18 Å². The summed E-state index contributed by atoms with van der Waals surface area (Å²) >= 11 is 0. The minimum absolute atomic E-state index is 0.0479. The molecule has 0 bridgehead atoms. The van der Waals surface area contributed by atoms with Gasteiger partial charge in [0.05, 0.1) is 6.54 Å². The maximum atomic E-state index is 11.9. The predicted octanol–water partition coefficient (Wildman–Crippen LogP) is 2.61. The number of nitrogens with one attached hydrogen (secondary N) is 2. The van der Waals surface area contributed by atoms with Gasteiger partial charge in [-0.2, -0.15) is 13.2 Å². The van der Waals surface area contributed by atoms with Crippen molar-refractivity contribution in [3.8, 4) is 0 Å². The number of carbonyl (C=O) groups is 1. The van der Waals surface area contributed by atoms with Crippen LogP contribution in [-0.2, 0) is 4.79 Å². The van der Waals surface area contributed by atoms with E-state index < -0.39 is 18.6 Å². The number of halogens is 3. The lowest BCUT2D eigenvalue weighted by Gasteiger charge is -2.23. The van der Waals surface area contributed by atoms with Crippen LogP contribution in [0.4, 0.5) is 13.2 Å². The molecule has 112 valence electrons. The van der Waals surface area contributed by atoms with E-state index in [9.17, 15) is 18.0 Å². The lowest BCUT2D eigenvalue weighted by Crippen LogP contribution is -2.43. The molecule has 2 N–H and O–H groups in total. The molecule has 1 amide bonds. The third-order valence-electron chi connectivity index (χ3n) is 3.68. The number of hydrogen-bond donors (Lipinski definition) is 2. The minimum atomic E-state index is -4.34. The maximum Gasteiger partial charge on any atom is 0.405 e. The summed E-state index contributed by atoms with van der Waals surface area (Å²) in [6.45, 7) is 0.700. The number of rotatable bonds is 5. The SMILES string of the molecule is C[C@@H](NCC(=O)NCC(F)(F)F)C1CCCCCC1. The quantitative estimate of drug-likeness (QED) is 0.760. The Labute approximate surface area is 112 Å². The standard InChI is InChI=1S/C13H23F3N2O/c1-10(11-6-4-2-3-5-7-11)17-8-12(19)18-9-13(14,15)16/h10-11,17H,2-9H2,1H3,(H,18,19)/t10-/m1/s1. The summed E-state index contributed by atoms with van der Waals surface area (Å²) in [5, 5.41) is 4.90. The summed E-state index contributed by atoms with van der Waals surface area (Å²) in [6.07, 6.45) is 2.86. The van der Waals surface area contributed by atoms with Crippen molar-refractivity contribution < 1.29 is 18.0 Å². The first-order valence-electron chi connectivity index (χ1n) is 6.95. The molecule has 1 saturated carbocycles. The van der Waals surface area contributed by atoms with Crippen molar-refractivity contribution in [1.29, 1.82) is 0 Å². The molecule has 0 aliphatic heterocycles. The van der Waals surface area contributed by atoms with Crippen molar-refractivity contribution in [1.82, 2.24) is 10.6 Å². The lowest BCUT2D eigenvalue weighted by atomic mass is 9.93. The molecule has 1 aliphatic carbocycles. The Balaban J connectivity index is 2.21. The van der Waals surface area contributed by atoms with Crippen LogP contribution in [0.5, 0.6) is 0 Å². The van der Waals surface area contributed by atoms with E-state index >= 15 is 0 Å². The molecule has 0 saturated heterocycles.